The Morgan fingerprint density at radius 2 is 2.38 bits per heavy atom. The summed E-state index contributed by atoms with van der Waals surface area (Å²) in [6, 6.07) is 0.682. The van der Waals surface area contributed by atoms with Crippen LogP contribution >= 0.6 is 0 Å². The number of nitrogens with zero attached hydrogens (tertiary/aromatic N) is 1. The summed E-state index contributed by atoms with van der Waals surface area (Å²) in [6.07, 6.45) is 1.73. The molecule has 2 saturated heterocycles. The van der Waals surface area contributed by atoms with Crippen molar-refractivity contribution in [1.82, 2.24) is 4.90 Å². The second kappa shape index (κ2) is 3.69. The van der Waals surface area contributed by atoms with Crippen LogP contribution in [0.3, 0.4) is 0 Å². The van der Waals surface area contributed by atoms with Gasteiger partial charge < -0.3 is 4.74 Å². The molecule has 0 radical (unpaired) electrons. The molecule has 0 spiro atoms. The van der Waals surface area contributed by atoms with Crippen molar-refractivity contribution in [3.8, 4) is 11.8 Å². The molecule has 0 saturated carbocycles. The molecule has 2 aliphatic heterocycles. The minimum Gasteiger partial charge on any atom is -0.375 e. The van der Waals surface area contributed by atoms with Crippen molar-refractivity contribution in [2.75, 3.05) is 19.7 Å². The normalized spacial score (nSPS) is 32.2. The summed E-state index contributed by atoms with van der Waals surface area (Å²) in [4.78, 5) is 2.42. The zero-order valence-electron chi connectivity index (χ0n) is 8.42. The molecule has 0 amide bonds. The van der Waals surface area contributed by atoms with E-state index >= 15 is 0 Å². The molecule has 2 fully saturated rings. The van der Waals surface area contributed by atoms with Crippen LogP contribution in [-0.2, 0) is 4.74 Å². The van der Waals surface area contributed by atoms with Crippen LogP contribution in [-0.4, -0.2) is 36.7 Å². The van der Waals surface area contributed by atoms with Gasteiger partial charge in [0.25, 0.3) is 0 Å². The monoisotopic (exact) mass is 179 g/mol. The maximum atomic E-state index is 5.52. The minimum atomic E-state index is 0.497. The van der Waals surface area contributed by atoms with Crippen LogP contribution in [0, 0.1) is 17.8 Å². The standard InChI is InChI=1S/C11H17NO/c1-9(2)4-3-6-12-8-11-10(12)5-7-13-11/h9-11H,5-8H2,1-2H3. The third-order valence-corrected chi connectivity index (χ3v) is 2.73. The second-order valence-corrected chi connectivity index (χ2v) is 4.17. The van der Waals surface area contributed by atoms with Crippen molar-refractivity contribution in [2.24, 2.45) is 5.92 Å². The van der Waals surface area contributed by atoms with Crippen LogP contribution in [0.2, 0.25) is 0 Å². The van der Waals surface area contributed by atoms with Gasteiger partial charge >= 0.3 is 0 Å². The molecule has 2 rings (SSSR count). The maximum Gasteiger partial charge on any atom is 0.0858 e. The summed E-state index contributed by atoms with van der Waals surface area (Å²) in [5.41, 5.74) is 0. The van der Waals surface area contributed by atoms with Gasteiger partial charge in [-0.2, -0.15) is 0 Å². The van der Waals surface area contributed by atoms with Gasteiger partial charge in [0.2, 0.25) is 0 Å². The number of hydrogen-bond donors (Lipinski definition) is 0. The van der Waals surface area contributed by atoms with Crippen LogP contribution in [0.1, 0.15) is 20.3 Å². The van der Waals surface area contributed by atoms with Gasteiger partial charge in [0.15, 0.2) is 0 Å². The van der Waals surface area contributed by atoms with Crippen molar-refractivity contribution in [3.05, 3.63) is 0 Å². The first-order valence-corrected chi connectivity index (χ1v) is 5.11. The first-order valence-electron chi connectivity index (χ1n) is 5.11. The van der Waals surface area contributed by atoms with Gasteiger partial charge in [-0.05, 0) is 6.42 Å². The molecule has 0 aromatic carbocycles. The van der Waals surface area contributed by atoms with Crippen LogP contribution in [0.4, 0.5) is 0 Å². The third-order valence-electron chi connectivity index (χ3n) is 2.73. The fourth-order valence-electron chi connectivity index (χ4n) is 1.99. The SMILES string of the molecule is CC(C)C#CCN1CC2OCCC21. The largest absolute Gasteiger partial charge is 0.375 e. The predicted octanol–water partition coefficient (Wildman–Crippen LogP) is 1.12. The van der Waals surface area contributed by atoms with E-state index in [0.717, 1.165) is 19.7 Å². The van der Waals surface area contributed by atoms with E-state index < -0.39 is 0 Å². The predicted molar refractivity (Wildman–Crippen MR) is 52.3 cm³/mol. The van der Waals surface area contributed by atoms with E-state index in [4.69, 9.17) is 4.74 Å². The molecule has 2 aliphatic rings. The average molecular weight is 179 g/mol. The maximum absolute atomic E-state index is 5.52. The Morgan fingerprint density at radius 1 is 1.54 bits per heavy atom. The van der Waals surface area contributed by atoms with E-state index in [1.807, 2.05) is 0 Å². The van der Waals surface area contributed by atoms with Gasteiger partial charge in [0.1, 0.15) is 0 Å². The van der Waals surface area contributed by atoms with Crippen molar-refractivity contribution in [3.63, 3.8) is 0 Å². The highest BCUT2D eigenvalue weighted by Crippen LogP contribution is 2.28. The highest BCUT2D eigenvalue weighted by molar-refractivity contribution is 5.07. The first-order chi connectivity index (χ1) is 6.27. The number of likely N-dealkylation sites (tertiary alicyclic amines) is 1. The molecule has 0 N–H and O–H groups in total. The summed E-state index contributed by atoms with van der Waals surface area (Å²) >= 11 is 0. The zero-order chi connectivity index (χ0) is 9.26. The van der Waals surface area contributed by atoms with Crippen LogP contribution in [0.5, 0.6) is 0 Å². The highest BCUT2D eigenvalue weighted by atomic mass is 16.5. The summed E-state index contributed by atoms with van der Waals surface area (Å²) in [5.74, 6) is 6.91. The smallest absolute Gasteiger partial charge is 0.0858 e. The zero-order valence-corrected chi connectivity index (χ0v) is 8.42. The number of ether oxygens (including phenoxy) is 1. The fourth-order valence-corrected chi connectivity index (χ4v) is 1.99. The molecule has 2 nitrogen and oxygen atoms in total. The lowest BCUT2D eigenvalue weighted by atomic mass is 9.99. The van der Waals surface area contributed by atoms with Gasteiger partial charge in [-0.25, -0.2) is 0 Å². The minimum absolute atomic E-state index is 0.497. The second-order valence-electron chi connectivity index (χ2n) is 4.17. The molecule has 0 bridgehead atoms. The average Bonchev–Trinajstić information content (AvgIpc) is 2.40. The summed E-state index contributed by atoms with van der Waals surface area (Å²) in [7, 11) is 0. The Hall–Kier alpha value is -0.520. The fraction of sp³-hybridized carbons (Fsp3) is 0.818. The van der Waals surface area contributed by atoms with Gasteiger partial charge in [-0.1, -0.05) is 25.7 Å². The first kappa shape index (κ1) is 9.05. The van der Waals surface area contributed by atoms with Crippen LogP contribution in [0.25, 0.3) is 0 Å². The van der Waals surface area contributed by atoms with E-state index in [0.29, 0.717) is 18.1 Å². The number of hydrogen-bond acceptors (Lipinski definition) is 2. The van der Waals surface area contributed by atoms with E-state index in [9.17, 15) is 0 Å². The summed E-state index contributed by atoms with van der Waals surface area (Å²) in [5, 5.41) is 0. The van der Waals surface area contributed by atoms with Gasteiger partial charge in [-0.3, -0.25) is 4.90 Å². The lowest BCUT2D eigenvalue weighted by molar-refractivity contribution is -0.0317. The van der Waals surface area contributed by atoms with Crippen LogP contribution in [0.15, 0.2) is 0 Å². The van der Waals surface area contributed by atoms with E-state index in [-0.39, 0.29) is 0 Å². The van der Waals surface area contributed by atoms with Crippen LogP contribution < -0.4 is 0 Å². The van der Waals surface area contributed by atoms with E-state index in [2.05, 4.69) is 30.6 Å². The number of rotatable bonds is 1. The molecule has 2 heteroatoms. The Bertz CT molecular complexity index is 238. The third kappa shape index (κ3) is 1.87. The van der Waals surface area contributed by atoms with E-state index in [1.165, 1.54) is 6.42 Å². The number of fused-ring (bicyclic) bond motifs is 1. The lowest BCUT2D eigenvalue weighted by Gasteiger charge is -2.41. The van der Waals surface area contributed by atoms with Crippen molar-refractivity contribution < 1.29 is 4.74 Å². The molecule has 2 atom stereocenters. The van der Waals surface area contributed by atoms with Crippen molar-refractivity contribution in [2.45, 2.75) is 32.4 Å². The van der Waals surface area contributed by atoms with Gasteiger partial charge in [-0.15, -0.1) is 0 Å². The summed E-state index contributed by atoms with van der Waals surface area (Å²) in [6.45, 7) is 7.23. The highest BCUT2D eigenvalue weighted by Gasteiger charge is 2.42. The molecule has 0 aromatic rings. The Balaban J connectivity index is 1.76. The topological polar surface area (TPSA) is 12.5 Å². The molecule has 0 aliphatic carbocycles. The Morgan fingerprint density at radius 3 is 3.08 bits per heavy atom. The van der Waals surface area contributed by atoms with Gasteiger partial charge in [0.05, 0.1) is 12.6 Å². The van der Waals surface area contributed by atoms with Crippen molar-refractivity contribution in [1.29, 1.82) is 0 Å². The lowest BCUT2D eigenvalue weighted by Crippen LogP contribution is -2.57. The Kier molecular flexibility index (Phi) is 2.57. The summed E-state index contributed by atoms with van der Waals surface area (Å²) < 4.78 is 5.52. The molecule has 2 heterocycles. The molecule has 0 aromatic heterocycles. The molecular formula is C11H17NO. The van der Waals surface area contributed by atoms with Crippen molar-refractivity contribution >= 4 is 0 Å². The van der Waals surface area contributed by atoms with Gasteiger partial charge in [0, 0.05) is 25.1 Å². The quantitative estimate of drug-likeness (QED) is 0.559. The van der Waals surface area contributed by atoms with E-state index in [1.54, 1.807) is 0 Å². The Labute approximate surface area is 80.2 Å². The molecule has 13 heavy (non-hydrogen) atoms. The molecule has 2 unspecified atom stereocenters. The molecule has 72 valence electrons. The molecular weight excluding hydrogens is 162 g/mol.